The highest BCUT2D eigenvalue weighted by Crippen LogP contribution is 2.23. The number of benzene rings is 1. The molecule has 0 saturated heterocycles. The molecule has 0 spiro atoms. The lowest BCUT2D eigenvalue weighted by Gasteiger charge is -2.22. The van der Waals surface area contributed by atoms with Gasteiger partial charge in [0.05, 0.1) is 16.2 Å². The van der Waals surface area contributed by atoms with Gasteiger partial charge in [0.15, 0.2) is 5.96 Å². The van der Waals surface area contributed by atoms with Crippen molar-refractivity contribution in [3.05, 3.63) is 51.3 Å². The van der Waals surface area contributed by atoms with E-state index in [0.29, 0.717) is 23.1 Å². The van der Waals surface area contributed by atoms with Gasteiger partial charge in [0.25, 0.3) is 0 Å². The van der Waals surface area contributed by atoms with Crippen molar-refractivity contribution in [3.63, 3.8) is 0 Å². The highest BCUT2D eigenvalue weighted by atomic mass is 127. The van der Waals surface area contributed by atoms with Gasteiger partial charge in [-0.05, 0) is 24.6 Å². The van der Waals surface area contributed by atoms with Gasteiger partial charge in [-0.25, -0.2) is 0 Å². The van der Waals surface area contributed by atoms with Gasteiger partial charge < -0.3 is 10.2 Å². The number of hydrogen-bond donors (Lipinski definition) is 2. The zero-order valence-electron chi connectivity index (χ0n) is 13.2. The van der Waals surface area contributed by atoms with Crippen LogP contribution in [0.1, 0.15) is 16.8 Å². The maximum atomic E-state index is 6.05. The minimum atomic E-state index is 0. The Morgan fingerprint density at radius 2 is 2.09 bits per heavy atom. The summed E-state index contributed by atoms with van der Waals surface area (Å²) in [5, 5.41) is 11.4. The van der Waals surface area contributed by atoms with Crippen LogP contribution in [-0.4, -0.2) is 35.2 Å². The fourth-order valence-electron chi connectivity index (χ4n) is 2.10. The number of aliphatic imine (C=N–C) groups is 1. The van der Waals surface area contributed by atoms with E-state index < -0.39 is 0 Å². The van der Waals surface area contributed by atoms with E-state index in [1.807, 2.05) is 37.2 Å². The van der Waals surface area contributed by atoms with E-state index in [9.17, 15) is 0 Å². The first kappa shape index (κ1) is 20.1. The van der Waals surface area contributed by atoms with Crippen molar-refractivity contribution < 1.29 is 0 Å². The summed E-state index contributed by atoms with van der Waals surface area (Å²) in [4.78, 5) is 6.32. The van der Waals surface area contributed by atoms with Crippen molar-refractivity contribution in [2.75, 3.05) is 14.1 Å². The molecule has 0 radical (unpaired) electrons. The first-order chi connectivity index (χ1) is 10.5. The molecule has 0 unspecified atom stereocenters. The Hall–Kier alpha value is -0.990. The van der Waals surface area contributed by atoms with Crippen molar-refractivity contribution in [3.8, 4) is 0 Å². The molecule has 2 rings (SSSR count). The van der Waals surface area contributed by atoms with Crippen molar-refractivity contribution in [2.24, 2.45) is 4.99 Å². The summed E-state index contributed by atoms with van der Waals surface area (Å²) in [6, 6.07) is 5.63. The van der Waals surface area contributed by atoms with Gasteiger partial charge in [-0.3, -0.25) is 10.1 Å². The molecule has 8 heteroatoms. The molecule has 126 valence electrons. The standard InChI is InChI=1S/C15H19Cl2N5.HI/c1-10-12(8-20-21-10)7-19-15(18-2)22(3)9-11-4-5-13(16)14(17)6-11;/h4-6,8H,7,9H2,1-3H3,(H,18,19)(H,20,21);1H. The molecule has 0 saturated carbocycles. The summed E-state index contributed by atoms with van der Waals surface area (Å²) in [5.41, 5.74) is 3.23. The highest BCUT2D eigenvalue weighted by Gasteiger charge is 2.09. The van der Waals surface area contributed by atoms with Gasteiger partial charge in [-0.15, -0.1) is 24.0 Å². The van der Waals surface area contributed by atoms with E-state index in [1.54, 1.807) is 13.1 Å². The van der Waals surface area contributed by atoms with Gasteiger partial charge >= 0.3 is 0 Å². The molecule has 0 amide bonds. The van der Waals surface area contributed by atoms with Gasteiger partial charge in [-0.1, -0.05) is 29.3 Å². The third-order valence-electron chi connectivity index (χ3n) is 3.35. The second kappa shape index (κ2) is 9.34. The fourth-order valence-corrected chi connectivity index (χ4v) is 2.42. The number of guanidine groups is 1. The average Bonchev–Trinajstić information content (AvgIpc) is 2.89. The predicted octanol–water partition coefficient (Wildman–Crippen LogP) is 3.85. The summed E-state index contributed by atoms with van der Waals surface area (Å²) in [6.07, 6.45) is 1.81. The molecule has 0 aliphatic carbocycles. The molecule has 0 fully saturated rings. The number of rotatable bonds is 4. The normalized spacial score (nSPS) is 11.1. The Morgan fingerprint density at radius 3 is 2.65 bits per heavy atom. The van der Waals surface area contributed by atoms with E-state index in [2.05, 4.69) is 20.5 Å². The Labute approximate surface area is 163 Å². The van der Waals surface area contributed by atoms with Crippen LogP contribution in [0.2, 0.25) is 10.0 Å². The summed E-state index contributed by atoms with van der Waals surface area (Å²) in [6.45, 7) is 3.34. The number of nitrogens with zero attached hydrogens (tertiary/aromatic N) is 3. The van der Waals surface area contributed by atoms with Crippen LogP contribution in [0.4, 0.5) is 0 Å². The van der Waals surface area contributed by atoms with Crippen LogP contribution < -0.4 is 5.32 Å². The van der Waals surface area contributed by atoms with Gasteiger partial charge in [-0.2, -0.15) is 5.10 Å². The van der Waals surface area contributed by atoms with Crippen molar-refractivity contribution in [1.82, 2.24) is 20.4 Å². The molecular weight excluding hydrogens is 448 g/mol. The third-order valence-corrected chi connectivity index (χ3v) is 4.09. The highest BCUT2D eigenvalue weighted by molar-refractivity contribution is 14.0. The topological polar surface area (TPSA) is 56.3 Å². The first-order valence-electron chi connectivity index (χ1n) is 6.86. The van der Waals surface area contributed by atoms with Crippen molar-refractivity contribution in [1.29, 1.82) is 0 Å². The molecule has 1 aromatic carbocycles. The van der Waals surface area contributed by atoms with E-state index in [-0.39, 0.29) is 24.0 Å². The Balaban J connectivity index is 0.00000264. The average molecular weight is 468 g/mol. The van der Waals surface area contributed by atoms with Crippen LogP contribution in [0.15, 0.2) is 29.4 Å². The molecule has 5 nitrogen and oxygen atoms in total. The van der Waals surface area contributed by atoms with Crippen LogP contribution in [0.5, 0.6) is 0 Å². The zero-order valence-corrected chi connectivity index (χ0v) is 17.1. The lowest BCUT2D eigenvalue weighted by atomic mass is 10.2. The number of aryl methyl sites for hydroxylation is 1. The van der Waals surface area contributed by atoms with Crippen LogP contribution >= 0.6 is 47.2 Å². The molecule has 0 aliphatic heterocycles. The molecule has 0 aliphatic rings. The number of hydrogen-bond acceptors (Lipinski definition) is 2. The molecule has 0 bridgehead atoms. The number of aromatic nitrogens is 2. The molecule has 2 aromatic rings. The minimum absolute atomic E-state index is 0. The molecule has 2 N–H and O–H groups in total. The van der Waals surface area contributed by atoms with Gasteiger partial charge in [0.2, 0.25) is 0 Å². The molecule has 0 atom stereocenters. The van der Waals surface area contributed by atoms with Crippen LogP contribution in [0, 0.1) is 6.92 Å². The summed E-state index contributed by atoms with van der Waals surface area (Å²) < 4.78 is 0. The van der Waals surface area contributed by atoms with Crippen LogP contribution in [0.3, 0.4) is 0 Å². The smallest absolute Gasteiger partial charge is 0.193 e. The van der Waals surface area contributed by atoms with Crippen LogP contribution in [0.25, 0.3) is 0 Å². The number of aromatic amines is 1. The van der Waals surface area contributed by atoms with E-state index in [1.165, 1.54) is 0 Å². The van der Waals surface area contributed by atoms with Gasteiger partial charge in [0, 0.05) is 38.4 Å². The fraction of sp³-hybridized carbons (Fsp3) is 0.333. The van der Waals surface area contributed by atoms with E-state index in [0.717, 1.165) is 22.8 Å². The lowest BCUT2D eigenvalue weighted by Crippen LogP contribution is -2.38. The predicted molar refractivity (Wildman–Crippen MR) is 107 cm³/mol. The summed E-state index contributed by atoms with van der Waals surface area (Å²) in [5.74, 6) is 0.798. The van der Waals surface area contributed by atoms with E-state index in [4.69, 9.17) is 23.2 Å². The Kier molecular flexibility index (Phi) is 8.15. The lowest BCUT2D eigenvalue weighted by molar-refractivity contribution is 0.476. The quantitative estimate of drug-likeness (QED) is 0.408. The monoisotopic (exact) mass is 467 g/mol. The third kappa shape index (κ3) is 5.54. The van der Waals surface area contributed by atoms with Crippen molar-refractivity contribution >= 4 is 53.1 Å². The second-order valence-corrected chi connectivity index (χ2v) is 5.84. The number of nitrogens with one attached hydrogen (secondary N) is 2. The number of halogens is 3. The van der Waals surface area contributed by atoms with Crippen molar-refractivity contribution in [2.45, 2.75) is 20.0 Å². The SMILES string of the molecule is CN=C(NCc1cn[nH]c1C)N(C)Cc1ccc(Cl)c(Cl)c1.I. The maximum Gasteiger partial charge on any atom is 0.193 e. The zero-order chi connectivity index (χ0) is 16.1. The summed E-state index contributed by atoms with van der Waals surface area (Å²) >= 11 is 12.0. The van der Waals surface area contributed by atoms with Crippen LogP contribution in [-0.2, 0) is 13.1 Å². The van der Waals surface area contributed by atoms with Gasteiger partial charge in [0.1, 0.15) is 0 Å². The first-order valence-corrected chi connectivity index (χ1v) is 7.61. The second-order valence-electron chi connectivity index (χ2n) is 5.03. The molecule has 1 aromatic heterocycles. The maximum absolute atomic E-state index is 6.05. The Bertz CT molecular complexity index is 672. The largest absolute Gasteiger partial charge is 0.352 e. The van der Waals surface area contributed by atoms with E-state index >= 15 is 0 Å². The minimum Gasteiger partial charge on any atom is -0.352 e. The molecule has 1 heterocycles. The molecular formula is C15H20Cl2IN5. The number of H-pyrrole nitrogens is 1. The summed E-state index contributed by atoms with van der Waals surface area (Å²) in [7, 11) is 3.73. The molecule has 23 heavy (non-hydrogen) atoms. The Morgan fingerprint density at radius 1 is 1.35 bits per heavy atom.